The van der Waals surface area contributed by atoms with Crippen molar-refractivity contribution < 1.29 is 9.90 Å². The molecule has 0 spiro atoms. The van der Waals surface area contributed by atoms with E-state index in [2.05, 4.69) is 5.32 Å². The summed E-state index contributed by atoms with van der Waals surface area (Å²) in [5, 5.41) is 11.6. The van der Waals surface area contributed by atoms with Crippen LogP contribution in [-0.4, -0.2) is 17.1 Å². The first-order chi connectivity index (χ1) is 6.91. The number of anilines is 2. The van der Waals surface area contributed by atoms with E-state index in [1.165, 1.54) is 0 Å². The number of nitrogens with two attached hydrogens (primary N) is 1. The minimum Gasteiger partial charge on any atom is -0.480 e. The molecule has 0 saturated carbocycles. The van der Waals surface area contributed by atoms with Gasteiger partial charge in [0.25, 0.3) is 0 Å². The first-order valence-electron chi connectivity index (χ1n) is 4.78. The van der Waals surface area contributed by atoms with Gasteiger partial charge in [-0.05, 0) is 38.0 Å². The number of carboxylic acids is 1. The van der Waals surface area contributed by atoms with Crippen LogP contribution in [0.4, 0.5) is 11.4 Å². The Morgan fingerprint density at radius 1 is 1.47 bits per heavy atom. The molecular formula is C11H16N2O2. The van der Waals surface area contributed by atoms with Crippen molar-refractivity contribution in [3.63, 3.8) is 0 Å². The molecule has 0 bridgehead atoms. The standard InChI is InChI=1S/C11H16N2O2/c1-6-4-7(2)10(12)9(5-6)13-8(3)11(14)15/h4-5,8,13H,12H2,1-3H3,(H,14,15)/t8-/m0/s1. The summed E-state index contributed by atoms with van der Waals surface area (Å²) in [6.45, 7) is 5.43. The topological polar surface area (TPSA) is 75.3 Å². The molecule has 0 unspecified atom stereocenters. The molecule has 1 aromatic carbocycles. The number of hydrogen-bond donors (Lipinski definition) is 3. The van der Waals surface area contributed by atoms with Gasteiger partial charge in [0.1, 0.15) is 6.04 Å². The molecule has 0 fully saturated rings. The first kappa shape index (κ1) is 11.4. The minimum atomic E-state index is -0.895. The number of benzene rings is 1. The molecule has 15 heavy (non-hydrogen) atoms. The fourth-order valence-electron chi connectivity index (χ4n) is 1.39. The van der Waals surface area contributed by atoms with Crippen molar-refractivity contribution >= 4 is 17.3 Å². The van der Waals surface area contributed by atoms with Crippen LogP contribution in [0.5, 0.6) is 0 Å². The highest BCUT2D eigenvalue weighted by Crippen LogP contribution is 2.24. The lowest BCUT2D eigenvalue weighted by atomic mass is 10.1. The van der Waals surface area contributed by atoms with Crippen LogP contribution in [0.3, 0.4) is 0 Å². The van der Waals surface area contributed by atoms with Crippen LogP contribution in [0, 0.1) is 13.8 Å². The van der Waals surface area contributed by atoms with Gasteiger partial charge in [-0.1, -0.05) is 6.07 Å². The van der Waals surface area contributed by atoms with Gasteiger partial charge in [0.15, 0.2) is 0 Å². The number of carboxylic acid groups (broad SMARTS) is 1. The quantitative estimate of drug-likeness (QED) is 0.662. The molecule has 0 heterocycles. The highest BCUT2D eigenvalue weighted by Gasteiger charge is 2.12. The second kappa shape index (κ2) is 4.21. The Kier molecular flexibility index (Phi) is 3.19. The van der Waals surface area contributed by atoms with E-state index in [1.807, 2.05) is 26.0 Å². The Labute approximate surface area is 89.1 Å². The zero-order valence-corrected chi connectivity index (χ0v) is 9.16. The van der Waals surface area contributed by atoms with E-state index in [-0.39, 0.29) is 0 Å². The molecule has 4 nitrogen and oxygen atoms in total. The molecule has 4 heteroatoms. The van der Waals surface area contributed by atoms with Crippen molar-refractivity contribution in [2.75, 3.05) is 11.1 Å². The number of nitrogens with one attached hydrogen (secondary N) is 1. The number of nitrogen functional groups attached to an aromatic ring is 1. The van der Waals surface area contributed by atoms with Gasteiger partial charge < -0.3 is 16.2 Å². The Morgan fingerprint density at radius 3 is 2.60 bits per heavy atom. The number of hydrogen-bond acceptors (Lipinski definition) is 3. The zero-order chi connectivity index (χ0) is 11.6. The van der Waals surface area contributed by atoms with E-state index in [4.69, 9.17) is 10.8 Å². The summed E-state index contributed by atoms with van der Waals surface area (Å²) < 4.78 is 0. The third-order valence-corrected chi connectivity index (χ3v) is 2.27. The van der Waals surface area contributed by atoms with Crippen LogP contribution in [0.2, 0.25) is 0 Å². The smallest absolute Gasteiger partial charge is 0.325 e. The number of aryl methyl sites for hydroxylation is 2. The second-order valence-electron chi connectivity index (χ2n) is 3.75. The van der Waals surface area contributed by atoms with Crippen molar-refractivity contribution in [1.29, 1.82) is 0 Å². The monoisotopic (exact) mass is 208 g/mol. The van der Waals surface area contributed by atoms with Crippen molar-refractivity contribution in [2.24, 2.45) is 0 Å². The Hall–Kier alpha value is -1.71. The predicted octanol–water partition coefficient (Wildman–Crippen LogP) is 1.77. The normalized spacial score (nSPS) is 12.2. The summed E-state index contributed by atoms with van der Waals surface area (Å²) >= 11 is 0. The van der Waals surface area contributed by atoms with Gasteiger partial charge in [0.05, 0.1) is 11.4 Å². The Balaban J connectivity index is 2.99. The molecule has 0 aromatic heterocycles. The molecule has 0 aliphatic heterocycles. The summed E-state index contributed by atoms with van der Waals surface area (Å²) in [5.74, 6) is -0.895. The molecule has 0 aliphatic rings. The van der Waals surface area contributed by atoms with Crippen molar-refractivity contribution in [2.45, 2.75) is 26.8 Å². The molecule has 1 rings (SSSR count). The van der Waals surface area contributed by atoms with Gasteiger partial charge in [-0.3, -0.25) is 4.79 Å². The molecule has 0 radical (unpaired) electrons. The van der Waals surface area contributed by atoms with Crippen LogP contribution < -0.4 is 11.1 Å². The van der Waals surface area contributed by atoms with Crippen molar-refractivity contribution in [1.82, 2.24) is 0 Å². The lowest BCUT2D eigenvalue weighted by molar-refractivity contribution is -0.137. The van der Waals surface area contributed by atoms with Crippen LogP contribution >= 0.6 is 0 Å². The van der Waals surface area contributed by atoms with E-state index in [1.54, 1.807) is 6.92 Å². The van der Waals surface area contributed by atoms with E-state index < -0.39 is 12.0 Å². The van der Waals surface area contributed by atoms with E-state index in [0.29, 0.717) is 11.4 Å². The maximum Gasteiger partial charge on any atom is 0.325 e. The van der Waals surface area contributed by atoms with Gasteiger partial charge in [0.2, 0.25) is 0 Å². The van der Waals surface area contributed by atoms with Crippen molar-refractivity contribution in [3.05, 3.63) is 23.3 Å². The predicted molar refractivity (Wildman–Crippen MR) is 61.0 cm³/mol. The lowest BCUT2D eigenvalue weighted by Gasteiger charge is -2.15. The Bertz CT molecular complexity index is 388. The summed E-state index contributed by atoms with van der Waals surface area (Å²) in [7, 11) is 0. The number of aliphatic carboxylic acids is 1. The fourth-order valence-corrected chi connectivity index (χ4v) is 1.39. The van der Waals surface area contributed by atoms with Crippen LogP contribution in [-0.2, 0) is 4.79 Å². The Morgan fingerprint density at radius 2 is 2.07 bits per heavy atom. The maximum absolute atomic E-state index is 10.7. The van der Waals surface area contributed by atoms with Crippen LogP contribution in [0.25, 0.3) is 0 Å². The van der Waals surface area contributed by atoms with E-state index >= 15 is 0 Å². The minimum absolute atomic E-state index is 0.605. The third kappa shape index (κ3) is 2.62. The molecule has 82 valence electrons. The lowest BCUT2D eigenvalue weighted by Crippen LogP contribution is -2.26. The SMILES string of the molecule is Cc1cc(C)c(N)c(N[C@@H](C)C(=O)O)c1. The highest BCUT2D eigenvalue weighted by molar-refractivity contribution is 5.80. The summed E-state index contributed by atoms with van der Waals surface area (Å²) in [4.78, 5) is 10.7. The van der Waals surface area contributed by atoms with Crippen LogP contribution in [0.1, 0.15) is 18.1 Å². The van der Waals surface area contributed by atoms with Gasteiger partial charge in [-0.25, -0.2) is 0 Å². The average molecular weight is 208 g/mol. The van der Waals surface area contributed by atoms with E-state index in [0.717, 1.165) is 11.1 Å². The molecular weight excluding hydrogens is 192 g/mol. The van der Waals surface area contributed by atoms with Crippen LogP contribution in [0.15, 0.2) is 12.1 Å². The molecule has 0 aliphatic carbocycles. The number of rotatable bonds is 3. The molecule has 4 N–H and O–H groups in total. The molecule has 1 aromatic rings. The molecule has 0 saturated heterocycles. The molecule has 0 amide bonds. The summed E-state index contributed by atoms with van der Waals surface area (Å²) in [6.07, 6.45) is 0. The summed E-state index contributed by atoms with van der Waals surface area (Å²) in [6, 6.07) is 3.17. The van der Waals surface area contributed by atoms with Gasteiger partial charge >= 0.3 is 5.97 Å². The van der Waals surface area contributed by atoms with Gasteiger partial charge in [0, 0.05) is 0 Å². The zero-order valence-electron chi connectivity index (χ0n) is 9.16. The van der Waals surface area contributed by atoms with Crippen molar-refractivity contribution in [3.8, 4) is 0 Å². The van der Waals surface area contributed by atoms with Gasteiger partial charge in [-0.2, -0.15) is 0 Å². The summed E-state index contributed by atoms with van der Waals surface area (Å²) in [5.41, 5.74) is 9.14. The van der Waals surface area contributed by atoms with Gasteiger partial charge in [-0.15, -0.1) is 0 Å². The highest BCUT2D eigenvalue weighted by atomic mass is 16.4. The number of carbonyl (C=O) groups is 1. The van der Waals surface area contributed by atoms with E-state index in [9.17, 15) is 4.79 Å². The second-order valence-corrected chi connectivity index (χ2v) is 3.75. The average Bonchev–Trinajstić information content (AvgIpc) is 2.13. The third-order valence-electron chi connectivity index (χ3n) is 2.27. The largest absolute Gasteiger partial charge is 0.480 e. The molecule has 1 atom stereocenters. The maximum atomic E-state index is 10.7. The first-order valence-corrected chi connectivity index (χ1v) is 4.78. The fraction of sp³-hybridized carbons (Fsp3) is 0.364.